The maximum absolute atomic E-state index is 14.9. The fourth-order valence-electron chi connectivity index (χ4n) is 10.6. The minimum atomic E-state index is -4.79. The summed E-state index contributed by atoms with van der Waals surface area (Å²) >= 11 is -2.76. The number of anilines is 2. The topological polar surface area (TPSA) is 188 Å². The number of hydrogen-bond donors (Lipinski definition) is 0. The summed E-state index contributed by atoms with van der Waals surface area (Å²) < 4.78 is 97.8. The van der Waals surface area contributed by atoms with Gasteiger partial charge in [-0.25, -0.2) is 0 Å². The predicted octanol–water partition coefficient (Wildman–Crippen LogP) is 7.21. The molecule has 0 bridgehead atoms. The number of urea groups is 2. The van der Waals surface area contributed by atoms with Crippen LogP contribution in [0.1, 0.15) is 99.8 Å². The second-order valence-corrected chi connectivity index (χ2v) is 34.4. The SMILES string of the molecule is CC(C)(C)OC(=O)CN1C(=O)N(c2cccc(C(F)(F)F)c2)C2=C(C(=O)N(CCC[I-](C)(C)CCCN3CC4=C(C3=O)[C@@H](c3ccc(C#N)cc3)N(CC(=O)OC(C)(C)C)C(=O)N4c3cccc(C(F)(F)F)c3)C2)[C@H]1c1ccc(C#N)cc1. The van der Waals surface area contributed by atoms with Crippen molar-refractivity contribution in [1.29, 1.82) is 10.5 Å². The van der Waals surface area contributed by atoms with Crippen LogP contribution in [0.3, 0.4) is 0 Å². The molecule has 4 aliphatic heterocycles. The van der Waals surface area contributed by atoms with Gasteiger partial charge in [-0.1, -0.05) is 0 Å². The molecule has 4 aromatic rings. The molecule has 0 fully saturated rings. The molecule has 4 heterocycles. The van der Waals surface area contributed by atoms with Gasteiger partial charge in [0.15, 0.2) is 0 Å². The van der Waals surface area contributed by atoms with Gasteiger partial charge in [0.2, 0.25) is 0 Å². The molecule has 0 spiro atoms. The summed E-state index contributed by atoms with van der Waals surface area (Å²) in [4.78, 5) is 98.3. The number of hydrogen-bond acceptors (Lipinski definition) is 10. The number of benzene rings is 4. The summed E-state index contributed by atoms with van der Waals surface area (Å²) in [7, 11) is 0. The first-order valence-electron chi connectivity index (χ1n) is 26.4. The number of carbonyl (C=O) groups is 6. The molecule has 0 aliphatic carbocycles. The van der Waals surface area contributed by atoms with Crippen LogP contribution in [0.15, 0.2) is 120 Å². The van der Waals surface area contributed by atoms with Crippen LogP contribution in [-0.2, 0) is 41.0 Å². The normalized spacial score (nSPS) is 18.2. The number of esters is 2. The third kappa shape index (κ3) is 13.6. The molecule has 23 heteroatoms. The van der Waals surface area contributed by atoms with E-state index in [0.717, 1.165) is 56.0 Å². The van der Waals surface area contributed by atoms with Gasteiger partial charge in [0.05, 0.1) is 0 Å². The molecule has 16 nitrogen and oxygen atoms in total. The molecular weight excluding hydrogens is 1200 g/mol. The fourth-order valence-corrected chi connectivity index (χ4v) is 15.9. The van der Waals surface area contributed by atoms with E-state index >= 15 is 0 Å². The standard InChI is InChI=1S/C60H62F6IN8O8/c1-57(2,3)82-47(76)35-72-51(39-21-17-37(31-68)18-22-39)49-45(74(55(72)80)43-15-9-13-41(29-43)59(61,62)63)33-70(53(49)78)27-11-25-67(7,8)26-12-28-71-34-46-50(54(71)79)52(40-23-19-38(32-69)20-24-40)73(36-48(77)83-58(4,5)6)56(81)75(46)44-16-10-14-42(30-44)60(64,65)66/h9-10,13-24,29-30,51-52H,11-12,25-28,33-36H2,1-8H3/q-1/t51-,52-/m1/s1. The molecule has 440 valence electrons. The second kappa shape index (κ2) is 23.4. The van der Waals surface area contributed by atoms with Crippen LogP contribution in [0.25, 0.3) is 0 Å². The van der Waals surface area contributed by atoms with Crippen LogP contribution in [0.2, 0.25) is 0 Å². The van der Waals surface area contributed by atoms with Crippen molar-refractivity contribution in [3.8, 4) is 12.1 Å². The number of halogens is 7. The zero-order chi connectivity index (χ0) is 60.7. The van der Waals surface area contributed by atoms with E-state index in [-0.39, 0.29) is 71.2 Å². The van der Waals surface area contributed by atoms with Crippen molar-refractivity contribution >= 4 is 47.2 Å². The molecule has 0 radical (unpaired) electrons. The number of alkyl halides is 10. The third-order valence-electron chi connectivity index (χ3n) is 14.1. The van der Waals surface area contributed by atoms with Crippen molar-refractivity contribution in [1.82, 2.24) is 19.6 Å². The number of amides is 6. The Morgan fingerprint density at radius 2 is 0.916 bits per heavy atom. The first-order chi connectivity index (χ1) is 38.8. The molecule has 0 saturated carbocycles. The Labute approximate surface area is 481 Å². The van der Waals surface area contributed by atoms with Crippen LogP contribution in [0.5, 0.6) is 0 Å². The Hall–Kier alpha value is -7.93. The average Bonchev–Trinajstić information content (AvgIpc) is 2.16. The monoisotopic (exact) mass is 1260 g/mol. The van der Waals surface area contributed by atoms with Gasteiger partial charge in [-0.2, -0.15) is 10.5 Å². The van der Waals surface area contributed by atoms with E-state index in [2.05, 4.69) is 9.86 Å². The summed E-state index contributed by atoms with van der Waals surface area (Å²) in [6, 6.07) is 20.3. The van der Waals surface area contributed by atoms with Crippen LogP contribution in [0, 0.1) is 22.7 Å². The Balaban J connectivity index is 1.03. The van der Waals surface area contributed by atoms with Gasteiger partial charge in [0.1, 0.15) is 0 Å². The second-order valence-electron chi connectivity index (χ2n) is 22.9. The molecule has 0 unspecified atom stereocenters. The summed E-state index contributed by atoms with van der Waals surface area (Å²) in [5.41, 5.74) is -2.75. The molecule has 2 atom stereocenters. The van der Waals surface area contributed by atoms with E-state index in [1.807, 2.05) is 12.1 Å². The maximum atomic E-state index is 14.9. The van der Waals surface area contributed by atoms with E-state index in [1.165, 1.54) is 46.2 Å². The van der Waals surface area contributed by atoms with Gasteiger partial charge >= 0.3 is 431 Å². The summed E-state index contributed by atoms with van der Waals surface area (Å²) in [5, 5.41) is 19.2. The van der Waals surface area contributed by atoms with E-state index in [9.17, 15) is 65.6 Å². The van der Waals surface area contributed by atoms with Gasteiger partial charge in [0, 0.05) is 0 Å². The van der Waals surface area contributed by atoms with Gasteiger partial charge in [-0.05, 0) is 41.5 Å². The molecule has 4 aromatic carbocycles. The first-order valence-corrected chi connectivity index (χ1v) is 33.8. The molecular formula is C60H62F6IN8O8-. The van der Waals surface area contributed by atoms with Crippen molar-refractivity contribution in [2.75, 3.05) is 67.8 Å². The van der Waals surface area contributed by atoms with Crippen LogP contribution in [-0.4, -0.2) is 125 Å². The van der Waals surface area contributed by atoms with Crippen molar-refractivity contribution in [3.63, 3.8) is 0 Å². The summed E-state index contributed by atoms with van der Waals surface area (Å²) in [6.07, 6.45) is -8.63. The van der Waals surface area contributed by atoms with Crippen molar-refractivity contribution in [2.45, 2.75) is 90.0 Å². The van der Waals surface area contributed by atoms with Crippen molar-refractivity contribution < 1.29 is 83.0 Å². The van der Waals surface area contributed by atoms with Crippen LogP contribution < -0.4 is 28.2 Å². The third-order valence-corrected chi connectivity index (χ3v) is 21.4. The zero-order valence-corrected chi connectivity index (χ0v) is 49.1. The Morgan fingerprint density at radius 3 is 1.23 bits per heavy atom. The summed E-state index contributed by atoms with van der Waals surface area (Å²) in [6.45, 7) is 8.44. The Morgan fingerprint density at radius 1 is 0.566 bits per heavy atom. The van der Waals surface area contributed by atoms with Gasteiger partial charge < -0.3 is 0 Å². The van der Waals surface area contributed by atoms with Crippen molar-refractivity contribution in [2.24, 2.45) is 0 Å². The fraction of sp³-hybridized carbons (Fsp3) is 0.400. The van der Waals surface area contributed by atoms with Gasteiger partial charge in [-0.3, -0.25) is 0 Å². The zero-order valence-electron chi connectivity index (χ0n) is 47.0. The molecule has 8 rings (SSSR count). The molecule has 4 aliphatic rings. The van der Waals surface area contributed by atoms with Crippen molar-refractivity contribution in [3.05, 3.63) is 153 Å². The molecule has 83 heavy (non-hydrogen) atoms. The van der Waals surface area contributed by atoms with E-state index in [1.54, 1.807) is 65.8 Å². The minimum absolute atomic E-state index is 0.0599. The Bertz CT molecular complexity index is 3170. The number of nitrogens with zero attached hydrogens (tertiary/aromatic N) is 8. The number of ether oxygens (including phenoxy) is 2. The average molecular weight is 1260 g/mol. The van der Waals surface area contributed by atoms with Gasteiger partial charge in [0.25, 0.3) is 0 Å². The van der Waals surface area contributed by atoms with E-state index in [0.29, 0.717) is 32.8 Å². The van der Waals surface area contributed by atoms with E-state index < -0.39 is 114 Å². The molecule has 0 aromatic heterocycles. The number of carbonyl (C=O) groups excluding carboxylic acids is 6. The molecule has 0 N–H and O–H groups in total. The summed E-state index contributed by atoms with van der Waals surface area (Å²) in [5.74, 6) is -2.69. The van der Waals surface area contributed by atoms with Crippen LogP contribution in [0.4, 0.5) is 47.3 Å². The molecule has 6 amide bonds. The van der Waals surface area contributed by atoms with Gasteiger partial charge in [-0.15, -0.1) is 0 Å². The van der Waals surface area contributed by atoms with Crippen LogP contribution >= 0.6 is 0 Å². The Kier molecular flexibility index (Phi) is 17.2. The molecule has 0 saturated heterocycles. The van der Waals surface area contributed by atoms with E-state index in [4.69, 9.17) is 9.47 Å². The number of nitriles is 2. The quantitative estimate of drug-likeness (QED) is 0.0480. The number of rotatable bonds is 16. The first kappa shape index (κ1) is 61.1. The predicted molar refractivity (Wildman–Crippen MR) is 290 cm³/mol.